The lowest BCUT2D eigenvalue weighted by atomic mass is 10.2. The quantitative estimate of drug-likeness (QED) is 0.562. The Bertz CT molecular complexity index is 1210. The van der Waals surface area contributed by atoms with Gasteiger partial charge in [0.15, 0.2) is 11.6 Å². The maximum Gasteiger partial charge on any atom is 0.248 e. The molecule has 1 heterocycles. The van der Waals surface area contributed by atoms with Crippen LogP contribution in [0.25, 0.3) is 6.08 Å². The van der Waals surface area contributed by atoms with Crippen LogP contribution < -0.4 is 10.1 Å². The lowest BCUT2D eigenvalue weighted by Crippen LogP contribution is -2.22. The summed E-state index contributed by atoms with van der Waals surface area (Å²) in [6.07, 6.45) is 5.71. The Kier molecular flexibility index (Phi) is 6.78. The van der Waals surface area contributed by atoms with E-state index in [4.69, 9.17) is 4.74 Å². The summed E-state index contributed by atoms with van der Waals surface area (Å²) in [5.41, 5.74) is 0.777. The van der Waals surface area contributed by atoms with E-state index < -0.39 is 21.7 Å². The summed E-state index contributed by atoms with van der Waals surface area (Å²) in [7, 11) is -0.763. The number of ether oxygens (including phenoxy) is 1. The molecule has 3 aromatic rings. The number of benzene rings is 2. The van der Waals surface area contributed by atoms with Crippen molar-refractivity contribution in [2.24, 2.45) is 0 Å². The van der Waals surface area contributed by atoms with E-state index in [9.17, 15) is 17.6 Å². The van der Waals surface area contributed by atoms with Crippen molar-refractivity contribution in [3.8, 4) is 11.5 Å². The van der Waals surface area contributed by atoms with Gasteiger partial charge in [-0.3, -0.25) is 9.78 Å². The number of nitrogens with zero attached hydrogens (tertiary/aromatic N) is 2. The molecule has 0 bridgehead atoms. The first-order chi connectivity index (χ1) is 14.8. The van der Waals surface area contributed by atoms with Crippen LogP contribution in [-0.4, -0.2) is 37.7 Å². The Morgan fingerprint density at radius 3 is 2.61 bits per heavy atom. The molecule has 0 aliphatic heterocycles. The number of aromatic nitrogens is 1. The summed E-state index contributed by atoms with van der Waals surface area (Å²) >= 11 is 0. The lowest BCUT2D eigenvalue weighted by Gasteiger charge is -2.12. The number of anilines is 1. The lowest BCUT2D eigenvalue weighted by molar-refractivity contribution is -0.111. The molecule has 0 saturated carbocycles. The van der Waals surface area contributed by atoms with Crippen molar-refractivity contribution >= 4 is 27.7 Å². The van der Waals surface area contributed by atoms with Gasteiger partial charge in [-0.1, -0.05) is 12.1 Å². The fourth-order valence-corrected chi connectivity index (χ4v) is 3.49. The van der Waals surface area contributed by atoms with E-state index in [2.05, 4.69) is 10.3 Å². The van der Waals surface area contributed by atoms with Crippen molar-refractivity contribution in [3.05, 3.63) is 84.4 Å². The summed E-state index contributed by atoms with van der Waals surface area (Å²) in [6, 6.07) is 13.5. The number of halogens is 1. The highest BCUT2D eigenvalue weighted by molar-refractivity contribution is 7.89. The number of hydrogen-bond donors (Lipinski definition) is 1. The summed E-state index contributed by atoms with van der Waals surface area (Å²) in [5, 5.41) is 2.59. The molecular formula is C22H20FN3O4S. The number of sulfonamides is 1. The minimum Gasteiger partial charge on any atom is -0.453 e. The molecule has 160 valence electrons. The molecule has 1 N–H and O–H groups in total. The van der Waals surface area contributed by atoms with Crippen molar-refractivity contribution < 1.29 is 22.3 Å². The summed E-state index contributed by atoms with van der Waals surface area (Å²) in [6.45, 7) is 0. The van der Waals surface area contributed by atoms with Gasteiger partial charge in [0.1, 0.15) is 5.75 Å². The Morgan fingerprint density at radius 1 is 1.13 bits per heavy atom. The van der Waals surface area contributed by atoms with Crippen molar-refractivity contribution in [1.82, 2.24) is 9.29 Å². The Hall–Kier alpha value is -3.56. The molecule has 0 unspecified atom stereocenters. The second-order valence-corrected chi connectivity index (χ2v) is 8.77. The average molecular weight is 441 g/mol. The highest BCUT2D eigenvalue weighted by atomic mass is 32.2. The zero-order chi connectivity index (χ0) is 22.4. The van der Waals surface area contributed by atoms with Gasteiger partial charge in [-0.2, -0.15) is 0 Å². The standard InChI is InChI=1S/C22H20FN3O4S/c1-26(2)31(28,29)19-7-3-5-17(14-19)25-22(27)11-9-16-8-10-21(20(23)13-16)30-18-6-4-12-24-15-18/h3-15H,1-2H3,(H,25,27)/b11-9+. The van der Waals surface area contributed by atoms with Gasteiger partial charge in [-0.25, -0.2) is 17.1 Å². The van der Waals surface area contributed by atoms with E-state index >= 15 is 0 Å². The molecule has 0 aliphatic rings. The van der Waals surface area contributed by atoms with E-state index in [0.29, 0.717) is 17.0 Å². The van der Waals surface area contributed by atoms with Gasteiger partial charge in [-0.05, 0) is 54.1 Å². The minimum absolute atomic E-state index is 0.0357. The molecule has 0 spiro atoms. The van der Waals surface area contributed by atoms with Gasteiger partial charge in [0.2, 0.25) is 15.9 Å². The summed E-state index contributed by atoms with van der Waals surface area (Å²) in [4.78, 5) is 16.2. The molecule has 31 heavy (non-hydrogen) atoms. The highest BCUT2D eigenvalue weighted by Crippen LogP contribution is 2.25. The zero-order valence-corrected chi connectivity index (χ0v) is 17.6. The molecule has 1 aromatic heterocycles. The monoisotopic (exact) mass is 441 g/mol. The Labute approximate surface area is 179 Å². The molecule has 2 aromatic carbocycles. The summed E-state index contributed by atoms with van der Waals surface area (Å²) in [5.74, 6) is -0.639. The number of carbonyl (C=O) groups is 1. The maximum absolute atomic E-state index is 14.3. The van der Waals surface area contributed by atoms with E-state index in [0.717, 1.165) is 4.31 Å². The fraction of sp³-hybridized carbons (Fsp3) is 0.0909. The van der Waals surface area contributed by atoms with Gasteiger partial charge in [0, 0.05) is 32.1 Å². The molecule has 7 nitrogen and oxygen atoms in total. The normalized spacial score (nSPS) is 11.6. The zero-order valence-electron chi connectivity index (χ0n) is 16.8. The number of rotatable bonds is 7. The predicted octanol–water partition coefficient (Wildman–Crippen LogP) is 3.92. The first kappa shape index (κ1) is 22.1. The predicted molar refractivity (Wildman–Crippen MR) is 116 cm³/mol. The molecular weight excluding hydrogens is 421 g/mol. The fourth-order valence-electron chi connectivity index (χ4n) is 2.54. The van der Waals surface area contributed by atoms with E-state index in [1.165, 1.54) is 62.8 Å². The van der Waals surface area contributed by atoms with Crippen LogP contribution in [0.3, 0.4) is 0 Å². The second-order valence-electron chi connectivity index (χ2n) is 6.62. The summed E-state index contributed by atoms with van der Waals surface area (Å²) < 4.78 is 45.2. The van der Waals surface area contributed by atoms with Gasteiger partial charge in [0.25, 0.3) is 0 Å². The third kappa shape index (κ3) is 5.74. The van der Waals surface area contributed by atoms with Gasteiger partial charge in [0.05, 0.1) is 11.1 Å². The van der Waals surface area contributed by atoms with E-state index in [-0.39, 0.29) is 10.6 Å². The molecule has 9 heteroatoms. The van der Waals surface area contributed by atoms with Crippen LogP contribution in [0.4, 0.5) is 10.1 Å². The van der Waals surface area contributed by atoms with Crippen molar-refractivity contribution in [2.75, 3.05) is 19.4 Å². The van der Waals surface area contributed by atoms with Crippen molar-refractivity contribution in [3.63, 3.8) is 0 Å². The number of carbonyl (C=O) groups excluding carboxylic acids is 1. The molecule has 0 radical (unpaired) electrons. The Morgan fingerprint density at radius 2 is 1.94 bits per heavy atom. The van der Waals surface area contributed by atoms with Gasteiger partial charge in [-0.15, -0.1) is 0 Å². The molecule has 0 saturated heterocycles. The van der Waals surface area contributed by atoms with Crippen LogP contribution in [0.1, 0.15) is 5.56 Å². The van der Waals surface area contributed by atoms with Crippen LogP contribution >= 0.6 is 0 Å². The van der Waals surface area contributed by atoms with Crippen LogP contribution in [0.5, 0.6) is 11.5 Å². The minimum atomic E-state index is -3.62. The number of amides is 1. The first-order valence-corrected chi connectivity index (χ1v) is 10.6. The molecule has 3 rings (SSSR count). The second kappa shape index (κ2) is 9.50. The smallest absolute Gasteiger partial charge is 0.248 e. The number of hydrogen-bond acceptors (Lipinski definition) is 5. The average Bonchev–Trinajstić information content (AvgIpc) is 2.75. The van der Waals surface area contributed by atoms with Crippen LogP contribution in [0.15, 0.2) is 78.0 Å². The van der Waals surface area contributed by atoms with Crippen molar-refractivity contribution in [1.29, 1.82) is 0 Å². The number of nitrogens with one attached hydrogen (secondary N) is 1. The Balaban J connectivity index is 1.67. The molecule has 0 aliphatic carbocycles. The van der Waals surface area contributed by atoms with Crippen LogP contribution in [0, 0.1) is 5.82 Å². The third-order valence-electron chi connectivity index (χ3n) is 4.13. The van der Waals surface area contributed by atoms with Gasteiger partial charge < -0.3 is 10.1 Å². The third-order valence-corrected chi connectivity index (χ3v) is 5.94. The van der Waals surface area contributed by atoms with Gasteiger partial charge >= 0.3 is 0 Å². The molecule has 0 fully saturated rings. The van der Waals surface area contributed by atoms with E-state index in [1.807, 2.05) is 0 Å². The topological polar surface area (TPSA) is 88.6 Å². The maximum atomic E-state index is 14.3. The largest absolute Gasteiger partial charge is 0.453 e. The van der Waals surface area contributed by atoms with E-state index in [1.54, 1.807) is 30.5 Å². The first-order valence-electron chi connectivity index (χ1n) is 9.15. The number of pyridine rings is 1. The van der Waals surface area contributed by atoms with Crippen LogP contribution in [-0.2, 0) is 14.8 Å². The molecule has 1 amide bonds. The molecule has 0 atom stereocenters. The highest BCUT2D eigenvalue weighted by Gasteiger charge is 2.17. The van der Waals surface area contributed by atoms with Crippen LogP contribution in [0.2, 0.25) is 0 Å². The van der Waals surface area contributed by atoms with Crippen molar-refractivity contribution in [2.45, 2.75) is 4.90 Å². The SMILES string of the molecule is CN(C)S(=O)(=O)c1cccc(NC(=O)/C=C/c2ccc(Oc3cccnc3)c(F)c2)c1.